The Hall–Kier alpha value is -1.11. The van der Waals surface area contributed by atoms with Crippen LogP contribution in [0.3, 0.4) is 0 Å². The van der Waals surface area contributed by atoms with Gasteiger partial charge in [-0.25, -0.2) is 9.78 Å². The summed E-state index contributed by atoms with van der Waals surface area (Å²) in [6.07, 6.45) is 3.51. The Bertz CT molecular complexity index is 533. The van der Waals surface area contributed by atoms with E-state index in [1.807, 2.05) is 11.3 Å². The molecule has 0 aliphatic rings. The molecule has 2 rings (SSSR count). The van der Waals surface area contributed by atoms with Gasteiger partial charge in [0.2, 0.25) is 0 Å². The van der Waals surface area contributed by atoms with Gasteiger partial charge >= 0.3 is 5.97 Å². The van der Waals surface area contributed by atoms with Crippen molar-refractivity contribution in [3.63, 3.8) is 0 Å². The number of fused-ring (bicyclic) bond motifs is 1. The minimum atomic E-state index is -0.329. The third kappa shape index (κ3) is 1.71. The number of hydrogen-bond donors (Lipinski definition) is 0. The number of methoxy groups -OCH3 is 1. The molecule has 0 unspecified atom stereocenters. The maximum absolute atomic E-state index is 11.4. The largest absolute Gasteiger partial charge is 0.465 e. The highest BCUT2D eigenvalue weighted by Gasteiger charge is 2.10. The van der Waals surface area contributed by atoms with Gasteiger partial charge in [0, 0.05) is 6.20 Å². The van der Waals surface area contributed by atoms with Crippen molar-refractivity contribution in [3.05, 3.63) is 33.3 Å². The number of ether oxygens (including phenoxy) is 1. The molecule has 5 heteroatoms. The molecule has 15 heavy (non-hydrogen) atoms. The quantitative estimate of drug-likeness (QED) is 0.597. The van der Waals surface area contributed by atoms with E-state index >= 15 is 0 Å². The van der Waals surface area contributed by atoms with Crippen LogP contribution in [0.4, 0.5) is 0 Å². The van der Waals surface area contributed by atoms with Crippen molar-refractivity contribution in [2.45, 2.75) is 6.92 Å². The summed E-state index contributed by atoms with van der Waals surface area (Å²) < 4.78 is 7.53. The molecule has 0 saturated heterocycles. The predicted octanol–water partition coefficient (Wildman–Crippen LogP) is 2.03. The average molecular weight is 316 g/mol. The van der Waals surface area contributed by atoms with Crippen molar-refractivity contribution >= 4 is 34.2 Å². The molecule has 0 amide bonds. The summed E-state index contributed by atoms with van der Waals surface area (Å²) in [5.41, 5.74) is 2.37. The SMILES string of the molecule is COC(=O)c1cc(C)c2ncc(I)n2c1. The molecule has 2 heterocycles. The van der Waals surface area contributed by atoms with Crippen molar-refractivity contribution in [1.29, 1.82) is 0 Å². The Morgan fingerprint density at radius 2 is 2.33 bits per heavy atom. The predicted molar refractivity (Wildman–Crippen MR) is 64.0 cm³/mol. The van der Waals surface area contributed by atoms with Gasteiger partial charge in [-0.3, -0.25) is 4.40 Å². The molecule has 0 bridgehead atoms. The average Bonchev–Trinajstić information content (AvgIpc) is 2.60. The number of aryl methyl sites for hydroxylation is 1. The number of halogens is 1. The van der Waals surface area contributed by atoms with Gasteiger partial charge in [-0.2, -0.15) is 0 Å². The van der Waals surface area contributed by atoms with Gasteiger partial charge in [0.25, 0.3) is 0 Å². The summed E-state index contributed by atoms with van der Waals surface area (Å²) in [7, 11) is 1.38. The van der Waals surface area contributed by atoms with Crippen LogP contribution in [0.15, 0.2) is 18.5 Å². The Kier molecular flexibility index (Phi) is 2.64. The molecule has 0 fully saturated rings. The molecular formula is C10H9IN2O2. The summed E-state index contributed by atoms with van der Waals surface area (Å²) in [6.45, 7) is 1.92. The van der Waals surface area contributed by atoms with Gasteiger partial charge in [-0.1, -0.05) is 0 Å². The first-order valence-electron chi connectivity index (χ1n) is 4.35. The van der Waals surface area contributed by atoms with Gasteiger partial charge in [-0.15, -0.1) is 0 Å². The van der Waals surface area contributed by atoms with Crippen LogP contribution in [0.25, 0.3) is 5.65 Å². The normalized spacial score (nSPS) is 10.6. The molecule has 0 aromatic carbocycles. The molecule has 2 aromatic heterocycles. The second-order valence-electron chi connectivity index (χ2n) is 3.18. The molecule has 0 aliphatic heterocycles. The molecule has 0 aliphatic carbocycles. The molecule has 0 saturated carbocycles. The molecule has 0 atom stereocenters. The van der Waals surface area contributed by atoms with Crippen molar-refractivity contribution in [2.75, 3.05) is 7.11 Å². The highest BCUT2D eigenvalue weighted by Crippen LogP contribution is 2.15. The summed E-state index contributed by atoms with van der Waals surface area (Å²) in [5.74, 6) is -0.329. The third-order valence-corrected chi connectivity index (χ3v) is 2.96. The van der Waals surface area contributed by atoms with E-state index in [4.69, 9.17) is 0 Å². The fourth-order valence-corrected chi connectivity index (χ4v) is 1.97. The molecule has 4 nitrogen and oxygen atoms in total. The lowest BCUT2D eigenvalue weighted by Crippen LogP contribution is -2.04. The number of carbonyl (C=O) groups excluding carboxylic acids is 1. The number of aromatic nitrogens is 2. The van der Waals surface area contributed by atoms with E-state index in [9.17, 15) is 4.79 Å². The van der Waals surface area contributed by atoms with Crippen LogP contribution in [0.1, 0.15) is 15.9 Å². The van der Waals surface area contributed by atoms with E-state index in [0.29, 0.717) is 5.56 Å². The number of pyridine rings is 1. The summed E-state index contributed by atoms with van der Waals surface area (Å²) in [5, 5.41) is 0. The Labute approximate surface area is 100 Å². The lowest BCUT2D eigenvalue weighted by molar-refractivity contribution is 0.0600. The lowest BCUT2D eigenvalue weighted by atomic mass is 10.2. The van der Waals surface area contributed by atoms with E-state index in [1.54, 1.807) is 18.5 Å². The number of nitrogens with zero attached hydrogens (tertiary/aromatic N) is 2. The summed E-state index contributed by atoms with van der Waals surface area (Å²) in [6, 6.07) is 1.78. The third-order valence-electron chi connectivity index (χ3n) is 2.17. The zero-order chi connectivity index (χ0) is 11.0. The minimum Gasteiger partial charge on any atom is -0.465 e. The van der Waals surface area contributed by atoms with Crippen LogP contribution in [0.5, 0.6) is 0 Å². The van der Waals surface area contributed by atoms with Gasteiger partial charge in [0.1, 0.15) is 9.35 Å². The van der Waals surface area contributed by atoms with Gasteiger partial charge in [0.15, 0.2) is 0 Å². The van der Waals surface area contributed by atoms with Crippen molar-refractivity contribution in [1.82, 2.24) is 9.38 Å². The van der Waals surface area contributed by atoms with Gasteiger partial charge < -0.3 is 4.74 Å². The molecular weight excluding hydrogens is 307 g/mol. The zero-order valence-corrected chi connectivity index (χ0v) is 10.5. The van der Waals surface area contributed by atoms with E-state index in [1.165, 1.54) is 7.11 Å². The fraction of sp³-hybridized carbons (Fsp3) is 0.200. The monoisotopic (exact) mass is 316 g/mol. The van der Waals surface area contributed by atoms with Crippen LogP contribution in [0.2, 0.25) is 0 Å². The Morgan fingerprint density at radius 3 is 3.00 bits per heavy atom. The Morgan fingerprint density at radius 1 is 1.60 bits per heavy atom. The topological polar surface area (TPSA) is 43.6 Å². The molecule has 0 radical (unpaired) electrons. The van der Waals surface area contributed by atoms with Crippen LogP contribution < -0.4 is 0 Å². The van der Waals surface area contributed by atoms with Crippen molar-refractivity contribution < 1.29 is 9.53 Å². The van der Waals surface area contributed by atoms with Crippen LogP contribution in [0, 0.1) is 10.6 Å². The van der Waals surface area contributed by atoms with E-state index < -0.39 is 0 Å². The fourth-order valence-electron chi connectivity index (χ4n) is 1.46. The van der Waals surface area contributed by atoms with E-state index in [2.05, 4.69) is 32.3 Å². The number of rotatable bonds is 1. The van der Waals surface area contributed by atoms with Crippen LogP contribution in [-0.2, 0) is 4.74 Å². The Balaban J connectivity index is 2.70. The van der Waals surface area contributed by atoms with E-state index in [0.717, 1.165) is 14.9 Å². The maximum atomic E-state index is 11.4. The summed E-state index contributed by atoms with van der Waals surface area (Å²) in [4.78, 5) is 15.6. The summed E-state index contributed by atoms with van der Waals surface area (Å²) >= 11 is 2.17. The molecule has 2 aromatic rings. The first-order valence-corrected chi connectivity index (χ1v) is 5.43. The van der Waals surface area contributed by atoms with Gasteiger partial charge in [0.05, 0.1) is 18.9 Å². The van der Waals surface area contributed by atoms with Crippen LogP contribution >= 0.6 is 22.6 Å². The number of esters is 1. The minimum absolute atomic E-state index is 0.329. The molecule has 0 spiro atoms. The van der Waals surface area contributed by atoms with Crippen molar-refractivity contribution in [2.24, 2.45) is 0 Å². The first kappa shape index (κ1) is 10.4. The zero-order valence-electron chi connectivity index (χ0n) is 8.32. The first-order chi connectivity index (χ1) is 7.13. The molecule has 78 valence electrons. The standard InChI is InChI=1S/C10H9IN2O2/c1-6-3-7(10(14)15-2)5-13-8(11)4-12-9(6)13/h3-5H,1-2H3. The molecule has 0 N–H and O–H groups in total. The maximum Gasteiger partial charge on any atom is 0.339 e. The van der Waals surface area contributed by atoms with E-state index in [-0.39, 0.29) is 5.97 Å². The van der Waals surface area contributed by atoms with Gasteiger partial charge in [-0.05, 0) is 41.1 Å². The number of hydrogen-bond acceptors (Lipinski definition) is 3. The van der Waals surface area contributed by atoms with Crippen molar-refractivity contribution in [3.8, 4) is 0 Å². The highest BCUT2D eigenvalue weighted by atomic mass is 127. The van der Waals surface area contributed by atoms with Crippen LogP contribution in [-0.4, -0.2) is 22.5 Å². The second-order valence-corrected chi connectivity index (χ2v) is 4.28. The number of imidazole rings is 1. The second kappa shape index (κ2) is 3.80. The number of carbonyl (C=O) groups is 1. The lowest BCUT2D eigenvalue weighted by Gasteiger charge is -2.03. The highest BCUT2D eigenvalue weighted by molar-refractivity contribution is 14.1. The smallest absolute Gasteiger partial charge is 0.339 e.